The number of carbonyl (C=O) groups excluding carboxylic acids is 1. The predicted molar refractivity (Wildman–Crippen MR) is 111 cm³/mol. The Morgan fingerprint density at radius 1 is 0.935 bits per heavy atom. The summed E-state index contributed by atoms with van der Waals surface area (Å²) in [6, 6.07) is 13.6. The molecule has 2 aromatic carbocycles. The first kappa shape index (κ1) is 21.4. The fraction of sp³-hybridized carbons (Fsp3) is 0.143. The fourth-order valence-corrected chi connectivity index (χ4v) is 2.75. The molecule has 0 aliphatic carbocycles. The molecule has 0 atom stereocenters. The minimum atomic E-state index is -0.720. The summed E-state index contributed by atoms with van der Waals surface area (Å²) in [5.41, 5.74) is 0.948. The molecule has 0 aliphatic heterocycles. The molecule has 0 unspecified atom stereocenters. The van der Waals surface area contributed by atoms with Gasteiger partial charge in [-0.1, -0.05) is 18.2 Å². The minimum absolute atomic E-state index is 0.0107. The summed E-state index contributed by atoms with van der Waals surface area (Å²) < 4.78 is 5.53. The Hall–Kier alpha value is -4.34. The number of rotatable bonds is 9. The fourth-order valence-electron chi connectivity index (χ4n) is 2.75. The van der Waals surface area contributed by atoms with E-state index in [4.69, 9.17) is 4.74 Å². The Labute approximate surface area is 176 Å². The van der Waals surface area contributed by atoms with Crippen molar-refractivity contribution in [3.8, 4) is 11.5 Å². The van der Waals surface area contributed by atoms with Gasteiger partial charge in [-0.15, -0.1) is 0 Å². The standard InChI is InChI=1S/C21H18N4O6/c26-21(23-14-16-2-1-9-22-13-16)8-5-15-3-6-19(7-4-15)31-20-11-17(24(27)28)10-18(12-20)25(29)30/h1-4,6-7,9-13H,5,8,14H2,(H,23,26). The number of benzene rings is 2. The highest BCUT2D eigenvalue weighted by atomic mass is 16.6. The molecule has 0 aliphatic rings. The molecule has 1 N–H and O–H groups in total. The van der Waals surface area contributed by atoms with Crippen molar-refractivity contribution in [2.45, 2.75) is 19.4 Å². The van der Waals surface area contributed by atoms with Gasteiger partial charge >= 0.3 is 0 Å². The van der Waals surface area contributed by atoms with Crippen LogP contribution in [0.2, 0.25) is 0 Å². The van der Waals surface area contributed by atoms with E-state index in [1.54, 1.807) is 42.7 Å². The lowest BCUT2D eigenvalue weighted by molar-refractivity contribution is -0.394. The van der Waals surface area contributed by atoms with Crippen LogP contribution in [0.1, 0.15) is 17.5 Å². The summed E-state index contributed by atoms with van der Waals surface area (Å²) in [5, 5.41) is 24.8. The predicted octanol–water partition coefficient (Wildman–Crippen LogP) is 3.94. The Kier molecular flexibility index (Phi) is 6.84. The summed E-state index contributed by atoms with van der Waals surface area (Å²) in [6.45, 7) is 0.412. The highest BCUT2D eigenvalue weighted by Crippen LogP contribution is 2.30. The third-order valence-electron chi connectivity index (χ3n) is 4.31. The Morgan fingerprint density at radius 2 is 1.61 bits per heavy atom. The molecular formula is C21H18N4O6. The SMILES string of the molecule is O=C(CCc1ccc(Oc2cc([N+](=O)[O-])cc([N+](=O)[O-])c2)cc1)NCc1cccnc1. The Balaban J connectivity index is 1.56. The quantitative estimate of drug-likeness (QED) is 0.407. The van der Waals surface area contributed by atoms with Gasteiger partial charge in [0.15, 0.2) is 0 Å². The van der Waals surface area contributed by atoms with Crippen LogP contribution in [0.15, 0.2) is 67.0 Å². The molecule has 1 heterocycles. The Bertz CT molecular complexity index is 1050. The lowest BCUT2D eigenvalue weighted by Gasteiger charge is -2.08. The van der Waals surface area contributed by atoms with Crippen molar-refractivity contribution in [2.24, 2.45) is 0 Å². The zero-order valence-corrected chi connectivity index (χ0v) is 16.3. The summed E-state index contributed by atoms with van der Waals surface area (Å²) >= 11 is 0. The van der Waals surface area contributed by atoms with E-state index >= 15 is 0 Å². The number of nitro benzene ring substituents is 2. The number of hydrogen-bond acceptors (Lipinski definition) is 7. The second-order valence-electron chi connectivity index (χ2n) is 6.58. The topological polar surface area (TPSA) is 138 Å². The summed E-state index contributed by atoms with van der Waals surface area (Å²) in [5.74, 6) is 0.260. The molecule has 31 heavy (non-hydrogen) atoms. The van der Waals surface area contributed by atoms with Crippen LogP contribution >= 0.6 is 0 Å². The van der Waals surface area contributed by atoms with Gasteiger partial charge in [-0.05, 0) is 35.7 Å². The van der Waals surface area contributed by atoms with Gasteiger partial charge < -0.3 is 10.1 Å². The van der Waals surface area contributed by atoms with Gasteiger partial charge in [-0.2, -0.15) is 0 Å². The number of nitrogens with one attached hydrogen (secondary N) is 1. The van der Waals surface area contributed by atoms with Gasteiger partial charge in [-0.25, -0.2) is 0 Å². The van der Waals surface area contributed by atoms with Gasteiger partial charge in [0.2, 0.25) is 5.91 Å². The zero-order valence-electron chi connectivity index (χ0n) is 16.3. The highest BCUT2D eigenvalue weighted by molar-refractivity contribution is 5.76. The van der Waals surface area contributed by atoms with Crippen molar-refractivity contribution < 1.29 is 19.4 Å². The molecule has 3 rings (SSSR count). The average molecular weight is 422 g/mol. The number of nitrogens with zero attached hydrogens (tertiary/aromatic N) is 3. The van der Waals surface area contributed by atoms with Crippen LogP contribution in [0.3, 0.4) is 0 Å². The van der Waals surface area contributed by atoms with Crippen LogP contribution in [-0.2, 0) is 17.8 Å². The summed E-state index contributed by atoms with van der Waals surface area (Å²) in [6.07, 6.45) is 4.17. The van der Waals surface area contributed by atoms with Gasteiger partial charge in [0.05, 0.1) is 28.0 Å². The molecule has 0 fully saturated rings. The summed E-state index contributed by atoms with van der Waals surface area (Å²) in [7, 11) is 0. The smallest absolute Gasteiger partial charge is 0.280 e. The minimum Gasteiger partial charge on any atom is -0.457 e. The van der Waals surface area contributed by atoms with Crippen LogP contribution in [-0.4, -0.2) is 20.7 Å². The molecule has 10 heteroatoms. The molecular weight excluding hydrogens is 404 g/mol. The van der Waals surface area contributed by atoms with E-state index in [0.29, 0.717) is 25.1 Å². The van der Waals surface area contributed by atoms with Crippen molar-refractivity contribution in [1.82, 2.24) is 10.3 Å². The van der Waals surface area contributed by atoms with Gasteiger partial charge in [0.1, 0.15) is 11.5 Å². The third kappa shape index (κ3) is 6.32. The maximum absolute atomic E-state index is 12.0. The zero-order chi connectivity index (χ0) is 22.2. The first-order valence-corrected chi connectivity index (χ1v) is 9.27. The van der Waals surface area contributed by atoms with E-state index in [1.165, 1.54) is 0 Å². The number of nitro groups is 2. The van der Waals surface area contributed by atoms with Gasteiger partial charge in [-0.3, -0.25) is 30.0 Å². The number of hydrogen-bond donors (Lipinski definition) is 1. The summed E-state index contributed by atoms with van der Waals surface area (Å²) in [4.78, 5) is 36.5. The van der Waals surface area contributed by atoms with Crippen LogP contribution in [0.4, 0.5) is 11.4 Å². The van der Waals surface area contributed by atoms with E-state index in [2.05, 4.69) is 10.3 Å². The molecule has 0 saturated heterocycles. The van der Waals surface area contributed by atoms with Gasteiger partial charge in [0.25, 0.3) is 11.4 Å². The van der Waals surface area contributed by atoms with Crippen LogP contribution in [0.5, 0.6) is 11.5 Å². The van der Waals surface area contributed by atoms with Crippen molar-refractivity contribution in [3.05, 3.63) is 98.3 Å². The average Bonchev–Trinajstić information content (AvgIpc) is 2.77. The second kappa shape index (κ2) is 9.92. The molecule has 0 saturated carbocycles. The maximum atomic E-state index is 12.0. The van der Waals surface area contributed by atoms with Gasteiger partial charge in [0, 0.05) is 25.4 Å². The van der Waals surface area contributed by atoms with E-state index in [0.717, 1.165) is 29.3 Å². The monoisotopic (exact) mass is 422 g/mol. The Morgan fingerprint density at radius 3 is 2.19 bits per heavy atom. The maximum Gasteiger partial charge on any atom is 0.280 e. The third-order valence-corrected chi connectivity index (χ3v) is 4.31. The van der Waals surface area contributed by atoms with E-state index < -0.39 is 21.2 Å². The normalized spacial score (nSPS) is 10.3. The van der Waals surface area contributed by atoms with Crippen molar-refractivity contribution in [3.63, 3.8) is 0 Å². The lowest BCUT2D eigenvalue weighted by Crippen LogP contribution is -2.23. The number of amides is 1. The lowest BCUT2D eigenvalue weighted by atomic mass is 10.1. The molecule has 158 valence electrons. The molecule has 0 spiro atoms. The van der Waals surface area contributed by atoms with E-state index in [1.807, 2.05) is 6.07 Å². The number of non-ortho nitro benzene ring substituents is 2. The molecule has 1 amide bonds. The molecule has 0 bridgehead atoms. The molecule has 3 aromatic rings. The first-order chi connectivity index (χ1) is 14.9. The number of aryl methyl sites for hydroxylation is 1. The van der Waals surface area contributed by atoms with E-state index in [9.17, 15) is 25.0 Å². The van der Waals surface area contributed by atoms with Crippen LogP contribution < -0.4 is 10.1 Å². The van der Waals surface area contributed by atoms with Crippen LogP contribution in [0.25, 0.3) is 0 Å². The first-order valence-electron chi connectivity index (χ1n) is 9.27. The second-order valence-corrected chi connectivity index (χ2v) is 6.58. The molecule has 1 aromatic heterocycles. The highest BCUT2D eigenvalue weighted by Gasteiger charge is 2.17. The van der Waals surface area contributed by atoms with E-state index in [-0.39, 0.29) is 11.7 Å². The van der Waals surface area contributed by atoms with Crippen molar-refractivity contribution in [2.75, 3.05) is 0 Å². The number of pyridine rings is 1. The molecule has 0 radical (unpaired) electrons. The van der Waals surface area contributed by atoms with Crippen LogP contribution in [0, 0.1) is 20.2 Å². The van der Waals surface area contributed by atoms with Crippen molar-refractivity contribution in [1.29, 1.82) is 0 Å². The number of aromatic nitrogens is 1. The largest absolute Gasteiger partial charge is 0.457 e. The molecule has 10 nitrogen and oxygen atoms in total. The van der Waals surface area contributed by atoms with Crippen molar-refractivity contribution >= 4 is 17.3 Å². The number of ether oxygens (including phenoxy) is 1. The number of carbonyl (C=O) groups is 1.